The number of aromatic hydroxyl groups is 1. The summed E-state index contributed by atoms with van der Waals surface area (Å²) in [7, 11) is 0. The van der Waals surface area contributed by atoms with Crippen LogP contribution < -0.4 is 5.32 Å². The predicted molar refractivity (Wildman–Crippen MR) is 179 cm³/mol. The molecule has 4 heterocycles. The summed E-state index contributed by atoms with van der Waals surface area (Å²) in [4.78, 5) is 47.8. The number of phenolic OH excluding ortho intramolecular Hbond substituents is 1. The largest absolute Gasteiger partial charge is 0.506 e. The lowest BCUT2D eigenvalue weighted by Gasteiger charge is -2.48. The minimum Gasteiger partial charge on any atom is -0.506 e. The molecule has 1 atom stereocenters. The normalized spacial score (nSPS) is 21.2. The molecule has 4 amide bonds. The molecule has 50 heavy (non-hydrogen) atoms. The molecule has 0 spiro atoms. The van der Waals surface area contributed by atoms with Gasteiger partial charge in [0.25, 0.3) is 5.91 Å². The zero-order valence-corrected chi connectivity index (χ0v) is 28.8. The zero-order valence-electron chi connectivity index (χ0n) is 28.0. The third-order valence-electron chi connectivity index (χ3n) is 10.6. The maximum Gasteiger partial charge on any atom is 0.420 e. The number of para-hydroxylation sites is 1. The third-order valence-corrected chi connectivity index (χ3v) is 10.9. The highest BCUT2D eigenvalue weighted by atomic mass is 35.5. The number of alkyl halides is 3. The molecule has 11 nitrogen and oxygen atoms in total. The number of piperidine rings is 1. The standard InChI is InChI=1S/C35H43ClF3N5O6/c1-34(9-18-49-19-10-34)43-16-14-41(15-17-43)31(46)29(22-23-20-26(35(37,38)39)30(45)27(36)21-23)50-33(48)42-11-7-25(8-12-42)44-13-6-24-4-2-3-5-28(24)40-32(44)47/h2-5,20-21,25,29,45H,6-19,22H2,1H3,(H,40,47)/t29-/m1/s1. The highest BCUT2D eigenvalue weighted by Gasteiger charge is 2.40. The second-order valence-corrected chi connectivity index (χ2v) is 14.1. The van der Waals surface area contributed by atoms with Crippen molar-refractivity contribution in [1.29, 1.82) is 0 Å². The van der Waals surface area contributed by atoms with Crippen LogP contribution in [0.2, 0.25) is 5.02 Å². The first-order chi connectivity index (χ1) is 23.8. The number of nitrogens with zero attached hydrogens (tertiary/aromatic N) is 4. The number of carbonyl (C=O) groups excluding carboxylic acids is 3. The van der Waals surface area contributed by atoms with Gasteiger partial charge in [-0.1, -0.05) is 29.8 Å². The first kappa shape index (κ1) is 36.1. The second-order valence-electron chi connectivity index (χ2n) is 13.7. The van der Waals surface area contributed by atoms with Crippen LogP contribution in [0, 0.1) is 0 Å². The summed E-state index contributed by atoms with van der Waals surface area (Å²) in [5.74, 6) is -1.62. The predicted octanol–water partition coefficient (Wildman–Crippen LogP) is 5.38. The molecule has 0 unspecified atom stereocenters. The molecular weight excluding hydrogens is 679 g/mol. The van der Waals surface area contributed by atoms with E-state index >= 15 is 0 Å². The van der Waals surface area contributed by atoms with Crippen molar-refractivity contribution in [2.24, 2.45) is 0 Å². The molecule has 0 saturated carbocycles. The highest BCUT2D eigenvalue weighted by molar-refractivity contribution is 6.32. The van der Waals surface area contributed by atoms with Crippen LogP contribution >= 0.6 is 11.6 Å². The summed E-state index contributed by atoms with van der Waals surface area (Å²) in [5, 5.41) is 12.5. The Morgan fingerprint density at radius 2 is 1.72 bits per heavy atom. The van der Waals surface area contributed by atoms with Gasteiger partial charge in [-0.05, 0) is 68.4 Å². The molecule has 2 aromatic carbocycles. The highest BCUT2D eigenvalue weighted by Crippen LogP contribution is 2.41. The van der Waals surface area contributed by atoms with Crippen LogP contribution in [0.15, 0.2) is 36.4 Å². The number of nitrogens with one attached hydrogen (secondary N) is 1. The molecule has 15 heteroatoms. The van der Waals surface area contributed by atoms with Gasteiger partial charge in [-0.25, -0.2) is 9.59 Å². The number of ether oxygens (including phenoxy) is 2. The van der Waals surface area contributed by atoms with Crippen molar-refractivity contribution in [3.8, 4) is 5.75 Å². The summed E-state index contributed by atoms with van der Waals surface area (Å²) in [6.45, 7) is 6.50. The fraction of sp³-hybridized carbons (Fsp3) is 0.571. The maximum atomic E-state index is 14.0. The van der Waals surface area contributed by atoms with Gasteiger partial charge in [0, 0.05) is 82.7 Å². The Bertz CT molecular complexity index is 1570. The van der Waals surface area contributed by atoms with E-state index in [1.165, 1.54) is 4.90 Å². The molecule has 2 aromatic rings. The summed E-state index contributed by atoms with van der Waals surface area (Å²) >= 11 is 5.98. The van der Waals surface area contributed by atoms with E-state index in [1.807, 2.05) is 24.3 Å². The van der Waals surface area contributed by atoms with Crippen LogP contribution in [0.3, 0.4) is 0 Å². The van der Waals surface area contributed by atoms with Crippen LogP contribution in [0.5, 0.6) is 5.75 Å². The number of carbonyl (C=O) groups is 3. The number of halogens is 4. The molecule has 0 bridgehead atoms. The minimum absolute atomic E-state index is 0.00786. The van der Waals surface area contributed by atoms with E-state index in [2.05, 4.69) is 17.1 Å². The average molecular weight is 722 g/mol. The first-order valence-electron chi connectivity index (χ1n) is 17.1. The number of rotatable bonds is 6. The number of hydrogen-bond donors (Lipinski definition) is 2. The van der Waals surface area contributed by atoms with Gasteiger partial charge in [0.1, 0.15) is 5.75 Å². The van der Waals surface area contributed by atoms with E-state index < -0.39 is 40.6 Å². The number of amides is 4. The summed E-state index contributed by atoms with van der Waals surface area (Å²) in [6, 6.07) is 9.23. The van der Waals surface area contributed by atoms with E-state index in [-0.39, 0.29) is 42.7 Å². The lowest BCUT2D eigenvalue weighted by Crippen LogP contribution is -2.59. The molecule has 272 valence electrons. The Hall–Kier alpha value is -3.75. The lowest BCUT2D eigenvalue weighted by atomic mass is 9.89. The fourth-order valence-corrected chi connectivity index (χ4v) is 7.72. The zero-order chi connectivity index (χ0) is 35.6. The monoisotopic (exact) mass is 721 g/mol. The van der Waals surface area contributed by atoms with Crippen molar-refractivity contribution in [2.45, 2.75) is 69.3 Å². The van der Waals surface area contributed by atoms with Gasteiger partial charge in [0.05, 0.1) is 10.6 Å². The van der Waals surface area contributed by atoms with E-state index in [0.717, 1.165) is 36.2 Å². The van der Waals surface area contributed by atoms with Crippen molar-refractivity contribution in [3.63, 3.8) is 0 Å². The Morgan fingerprint density at radius 1 is 1.04 bits per heavy atom. The molecule has 0 radical (unpaired) electrons. The molecule has 4 aliphatic heterocycles. The Kier molecular flexibility index (Phi) is 10.7. The fourth-order valence-electron chi connectivity index (χ4n) is 7.47. The molecule has 2 N–H and O–H groups in total. The lowest BCUT2D eigenvalue weighted by molar-refractivity contribution is -0.144. The van der Waals surface area contributed by atoms with Gasteiger partial charge in [-0.3, -0.25) is 9.69 Å². The van der Waals surface area contributed by atoms with Crippen LogP contribution in [-0.2, 0) is 33.3 Å². The van der Waals surface area contributed by atoms with Crippen molar-refractivity contribution in [2.75, 3.05) is 64.3 Å². The molecule has 6 rings (SSSR count). The molecule has 4 aliphatic rings. The SMILES string of the molecule is CC1(N2CCN(C(=O)[C@@H](Cc3cc(Cl)c(O)c(C(F)(F)F)c3)OC(=O)N3CCC(N4CCc5ccccc5NC4=O)CC3)CC2)CCOCC1. The van der Waals surface area contributed by atoms with Crippen LogP contribution in [-0.4, -0.2) is 119 Å². The van der Waals surface area contributed by atoms with E-state index in [9.17, 15) is 32.7 Å². The molecule has 0 aromatic heterocycles. The number of piperazine rings is 1. The molecule has 0 aliphatic carbocycles. The summed E-state index contributed by atoms with van der Waals surface area (Å²) < 4.78 is 52.5. The van der Waals surface area contributed by atoms with E-state index in [0.29, 0.717) is 65.2 Å². The number of hydrogen-bond acceptors (Lipinski definition) is 7. The molecular formula is C35H43ClF3N5O6. The van der Waals surface area contributed by atoms with Gasteiger partial charge < -0.3 is 34.6 Å². The minimum atomic E-state index is -4.89. The number of anilines is 1. The van der Waals surface area contributed by atoms with Gasteiger partial charge in [0.2, 0.25) is 0 Å². The van der Waals surface area contributed by atoms with Crippen molar-refractivity contribution >= 4 is 35.3 Å². The van der Waals surface area contributed by atoms with Crippen LogP contribution in [0.25, 0.3) is 0 Å². The smallest absolute Gasteiger partial charge is 0.420 e. The molecule has 3 fully saturated rings. The van der Waals surface area contributed by atoms with Gasteiger partial charge in [-0.15, -0.1) is 0 Å². The van der Waals surface area contributed by atoms with Crippen molar-refractivity contribution < 1.29 is 42.1 Å². The Morgan fingerprint density at radius 3 is 2.40 bits per heavy atom. The summed E-state index contributed by atoms with van der Waals surface area (Å²) in [5.41, 5.74) is 0.440. The number of fused-ring (bicyclic) bond motifs is 1. The maximum absolute atomic E-state index is 14.0. The van der Waals surface area contributed by atoms with Crippen LogP contribution in [0.4, 0.5) is 28.4 Å². The number of benzene rings is 2. The van der Waals surface area contributed by atoms with Crippen LogP contribution in [0.1, 0.15) is 49.3 Å². The Labute approximate surface area is 294 Å². The molecule has 3 saturated heterocycles. The van der Waals surface area contributed by atoms with Gasteiger partial charge >= 0.3 is 18.3 Å². The average Bonchev–Trinajstić information content (AvgIpc) is 3.27. The Balaban J connectivity index is 1.13. The first-order valence-corrected chi connectivity index (χ1v) is 17.5. The van der Waals surface area contributed by atoms with Crippen molar-refractivity contribution in [3.05, 3.63) is 58.1 Å². The summed E-state index contributed by atoms with van der Waals surface area (Å²) in [6.07, 6.45) is -4.03. The van der Waals surface area contributed by atoms with E-state index in [1.54, 1.807) is 9.80 Å². The second kappa shape index (κ2) is 14.8. The van der Waals surface area contributed by atoms with Gasteiger partial charge in [-0.2, -0.15) is 13.2 Å². The van der Waals surface area contributed by atoms with E-state index in [4.69, 9.17) is 21.1 Å². The quantitative estimate of drug-likeness (QED) is 0.412. The van der Waals surface area contributed by atoms with Gasteiger partial charge in [0.15, 0.2) is 6.10 Å². The topological polar surface area (TPSA) is 115 Å². The third kappa shape index (κ3) is 7.92. The number of phenols is 1. The number of urea groups is 1. The van der Waals surface area contributed by atoms with Crippen molar-refractivity contribution in [1.82, 2.24) is 19.6 Å². The number of likely N-dealkylation sites (tertiary alicyclic amines) is 1.